The topological polar surface area (TPSA) is 97.4 Å². The van der Waals surface area contributed by atoms with Gasteiger partial charge in [-0.25, -0.2) is 13.1 Å². The highest BCUT2D eigenvalue weighted by Gasteiger charge is 2.19. The number of methoxy groups -OCH3 is 1. The molecular formula is C17H21N3O4S. The molecule has 25 heavy (non-hydrogen) atoms. The number of hydrogen-bond donors (Lipinski definition) is 2. The molecule has 0 saturated heterocycles. The molecule has 7 nitrogen and oxygen atoms in total. The fourth-order valence-corrected chi connectivity index (χ4v) is 3.57. The molecule has 1 aromatic heterocycles. The van der Waals surface area contributed by atoms with Gasteiger partial charge in [-0.3, -0.25) is 9.78 Å². The molecule has 0 atom stereocenters. The second kappa shape index (κ2) is 8.09. The maximum Gasteiger partial charge on any atom is 0.241 e. The first-order chi connectivity index (χ1) is 11.8. The SMILES string of the molecule is COc1cc(C)c(S(=O)(=O)NCC(=O)NCc2ccncc2)cc1C. The Morgan fingerprint density at radius 3 is 2.48 bits per heavy atom. The molecule has 0 aliphatic carbocycles. The van der Waals surface area contributed by atoms with E-state index in [9.17, 15) is 13.2 Å². The molecule has 0 radical (unpaired) electrons. The molecule has 0 spiro atoms. The van der Waals surface area contributed by atoms with Crippen LogP contribution in [0.5, 0.6) is 5.75 Å². The lowest BCUT2D eigenvalue weighted by molar-refractivity contribution is -0.120. The number of nitrogens with one attached hydrogen (secondary N) is 2. The van der Waals surface area contributed by atoms with E-state index >= 15 is 0 Å². The number of carbonyl (C=O) groups excluding carboxylic acids is 1. The summed E-state index contributed by atoms with van der Waals surface area (Å²) in [7, 11) is -2.26. The number of amides is 1. The van der Waals surface area contributed by atoms with E-state index in [2.05, 4.69) is 15.0 Å². The van der Waals surface area contributed by atoms with Crippen LogP contribution in [0.25, 0.3) is 0 Å². The molecular weight excluding hydrogens is 342 g/mol. The van der Waals surface area contributed by atoms with Crippen molar-refractivity contribution in [1.29, 1.82) is 0 Å². The molecule has 1 amide bonds. The van der Waals surface area contributed by atoms with Crippen LogP contribution in [0.4, 0.5) is 0 Å². The maximum absolute atomic E-state index is 12.4. The predicted molar refractivity (Wildman–Crippen MR) is 93.7 cm³/mol. The highest BCUT2D eigenvalue weighted by Crippen LogP contribution is 2.25. The van der Waals surface area contributed by atoms with Crippen molar-refractivity contribution in [3.05, 3.63) is 53.3 Å². The minimum atomic E-state index is -3.79. The lowest BCUT2D eigenvalue weighted by atomic mass is 10.1. The van der Waals surface area contributed by atoms with E-state index in [1.54, 1.807) is 44.4 Å². The average molecular weight is 363 g/mol. The van der Waals surface area contributed by atoms with Gasteiger partial charge in [-0.2, -0.15) is 0 Å². The number of rotatable bonds is 7. The Morgan fingerprint density at radius 1 is 1.16 bits per heavy atom. The van der Waals surface area contributed by atoms with Crippen LogP contribution in [0.15, 0.2) is 41.6 Å². The third kappa shape index (κ3) is 5.01. The predicted octanol–water partition coefficient (Wildman–Crippen LogP) is 1.30. The van der Waals surface area contributed by atoms with Crippen LogP contribution in [0.3, 0.4) is 0 Å². The molecule has 0 bridgehead atoms. The fraction of sp³-hybridized carbons (Fsp3) is 0.294. The number of benzene rings is 1. The van der Waals surface area contributed by atoms with Crippen molar-refractivity contribution in [2.75, 3.05) is 13.7 Å². The molecule has 0 aliphatic rings. The van der Waals surface area contributed by atoms with Gasteiger partial charge in [0.25, 0.3) is 0 Å². The smallest absolute Gasteiger partial charge is 0.241 e. The molecule has 1 heterocycles. The molecule has 134 valence electrons. The summed E-state index contributed by atoms with van der Waals surface area (Å²) in [6, 6.07) is 6.74. The molecule has 0 aliphatic heterocycles. The number of ether oxygens (including phenoxy) is 1. The lowest BCUT2D eigenvalue weighted by Gasteiger charge is -2.13. The zero-order valence-corrected chi connectivity index (χ0v) is 15.2. The van der Waals surface area contributed by atoms with E-state index in [0.717, 1.165) is 5.56 Å². The molecule has 0 saturated carbocycles. The van der Waals surface area contributed by atoms with Gasteiger partial charge < -0.3 is 10.1 Å². The third-order valence-electron chi connectivity index (χ3n) is 3.64. The van der Waals surface area contributed by atoms with Crippen molar-refractivity contribution < 1.29 is 17.9 Å². The zero-order chi connectivity index (χ0) is 18.4. The van der Waals surface area contributed by atoms with Crippen LogP contribution in [0.1, 0.15) is 16.7 Å². The van der Waals surface area contributed by atoms with Crippen molar-refractivity contribution in [2.24, 2.45) is 0 Å². The number of pyridine rings is 1. The number of aryl methyl sites for hydroxylation is 2. The second-order valence-electron chi connectivity index (χ2n) is 5.54. The van der Waals surface area contributed by atoms with Crippen molar-refractivity contribution in [3.8, 4) is 5.75 Å². The van der Waals surface area contributed by atoms with Crippen LogP contribution >= 0.6 is 0 Å². The van der Waals surface area contributed by atoms with Gasteiger partial charge in [0.05, 0.1) is 18.6 Å². The van der Waals surface area contributed by atoms with E-state index in [4.69, 9.17) is 4.74 Å². The summed E-state index contributed by atoms with van der Waals surface area (Å²) < 4.78 is 32.4. The van der Waals surface area contributed by atoms with Gasteiger partial charge in [0.2, 0.25) is 15.9 Å². The Hall–Kier alpha value is -2.45. The van der Waals surface area contributed by atoms with E-state index in [0.29, 0.717) is 23.4 Å². The Balaban J connectivity index is 1.99. The fourth-order valence-electron chi connectivity index (χ4n) is 2.27. The molecule has 2 N–H and O–H groups in total. The summed E-state index contributed by atoms with van der Waals surface area (Å²) >= 11 is 0. The highest BCUT2D eigenvalue weighted by molar-refractivity contribution is 7.89. The van der Waals surface area contributed by atoms with E-state index < -0.39 is 15.9 Å². The molecule has 8 heteroatoms. The zero-order valence-electron chi connectivity index (χ0n) is 14.4. The first-order valence-electron chi connectivity index (χ1n) is 7.64. The standard InChI is InChI=1S/C17H21N3O4S/c1-12-9-16(13(2)8-15(12)24-3)25(22,23)20-11-17(21)19-10-14-4-6-18-7-5-14/h4-9,20H,10-11H2,1-3H3,(H,19,21). The monoisotopic (exact) mass is 363 g/mol. The van der Waals surface area contributed by atoms with Crippen LogP contribution in [-0.2, 0) is 21.4 Å². The van der Waals surface area contributed by atoms with Crippen LogP contribution in [-0.4, -0.2) is 33.0 Å². The molecule has 2 aromatic rings. The van der Waals surface area contributed by atoms with E-state index in [1.165, 1.54) is 13.2 Å². The van der Waals surface area contributed by atoms with Gasteiger partial charge in [0, 0.05) is 18.9 Å². The first-order valence-corrected chi connectivity index (χ1v) is 9.12. The normalized spacial score (nSPS) is 11.2. The van der Waals surface area contributed by atoms with Gasteiger partial charge in [0.15, 0.2) is 0 Å². The molecule has 0 unspecified atom stereocenters. The Bertz CT molecular complexity index is 852. The van der Waals surface area contributed by atoms with Gasteiger partial charge in [0.1, 0.15) is 5.75 Å². The maximum atomic E-state index is 12.4. The Morgan fingerprint density at radius 2 is 1.84 bits per heavy atom. The minimum Gasteiger partial charge on any atom is -0.496 e. The van der Waals surface area contributed by atoms with E-state index in [-0.39, 0.29) is 11.4 Å². The summed E-state index contributed by atoms with van der Waals surface area (Å²) in [5, 5.41) is 2.65. The van der Waals surface area contributed by atoms with Crippen molar-refractivity contribution in [3.63, 3.8) is 0 Å². The molecule has 2 rings (SSSR count). The number of nitrogens with zero attached hydrogens (tertiary/aromatic N) is 1. The Kier molecular flexibility index (Phi) is 6.11. The highest BCUT2D eigenvalue weighted by atomic mass is 32.2. The summed E-state index contributed by atoms with van der Waals surface area (Å²) in [5.41, 5.74) is 2.13. The summed E-state index contributed by atoms with van der Waals surface area (Å²) in [5.74, 6) is 0.204. The van der Waals surface area contributed by atoms with Crippen LogP contribution in [0, 0.1) is 13.8 Å². The van der Waals surface area contributed by atoms with E-state index in [1.807, 2.05) is 0 Å². The summed E-state index contributed by atoms with van der Waals surface area (Å²) in [6.45, 7) is 3.42. The van der Waals surface area contributed by atoms with Gasteiger partial charge in [-0.1, -0.05) is 0 Å². The third-order valence-corrected chi connectivity index (χ3v) is 5.19. The van der Waals surface area contributed by atoms with Gasteiger partial charge in [-0.15, -0.1) is 0 Å². The summed E-state index contributed by atoms with van der Waals surface area (Å²) in [4.78, 5) is 15.9. The number of hydrogen-bond acceptors (Lipinski definition) is 5. The Labute approximate surface area is 147 Å². The quantitative estimate of drug-likeness (QED) is 0.773. The number of carbonyl (C=O) groups is 1. The molecule has 0 fully saturated rings. The molecule has 1 aromatic carbocycles. The number of sulfonamides is 1. The largest absolute Gasteiger partial charge is 0.496 e. The van der Waals surface area contributed by atoms with Crippen LogP contribution < -0.4 is 14.8 Å². The lowest BCUT2D eigenvalue weighted by Crippen LogP contribution is -2.36. The van der Waals surface area contributed by atoms with Crippen molar-refractivity contribution in [2.45, 2.75) is 25.3 Å². The van der Waals surface area contributed by atoms with Crippen molar-refractivity contribution >= 4 is 15.9 Å². The summed E-state index contributed by atoms with van der Waals surface area (Å²) in [6.07, 6.45) is 3.25. The van der Waals surface area contributed by atoms with Crippen LogP contribution in [0.2, 0.25) is 0 Å². The van der Waals surface area contributed by atoms with Gasteiger partial charge >= 0.3 is 0 Å². The number of aromatic nitrogens is 1. The first kappa shape index (κ1) is 18.9. The second-order valence-corrected chi connectivity index (χ2v) is 7.28. The minimum absolute atomic E-state index is 0.132. The average Bonchev–Trinajstić information content (AvgIpc) is 2.60. The van der Waals surface area contributed by atoms with Gasteiger partial charge in [-0.05, 0) is 54.8 Å². The van der Waals surface area contributed by atoms with Crippen molar-refractivity contribution in [1.82, 2.24) is 15.0 Å².